The smallest absolute Gasteiger partial charge is 0.336 e. The molecule has 0 atom stereocenters. The third-order valence-corrected chi connectivity index (χ3v) is 7.28. The van der Waals surface area contributed by atoms with Gasteiger partial charge in [0.1, 0.15) is 5.82 Å². The summed E-state index contributed by atoms with van der Waals surface area (Å²) in [4.78, 5) is 26.0. The highest BCUT2D eigenvalue weighted by atomic mass is 16.4. The number of carbonyl (C=O) groups is 1. The Bertz CT molecular complexity index is 1850. The minimum absolute atomic E-state index is 0.302. The molecule has 0 aliphatic carbocycles. The zero-order valence-corrected chi connectivity index (χ0v) is 22.2. The van der Waals surface area contributed by atoms with Crippen molar-refractivity contribution in [1.82, 2.24) is 23.9 Å². The van der Waals surface area contributed by atoms with Crippen LogP contribution in [-0.2, 0) is 13.0 Å². The first-order valence-electron chi connectivity index (χ1n) is 13.2. The molecule has 6 rings (SSSR count). The Hall–Kier alpha value is -4.78. The summed E-state index contributed by atoms with van der Waals surface area (Å²) in [6, 6.07) is 21.5. The van der Waals surface area contributed by atoms with Crippen LogP contribution < -0.4 is 0 Å². The molecule has 194 valence electrons. The predicted octanol–water partition coefficient (Wildman–Crippen LogP) is 6.73. The first-order chi connectivity index (χ1) is 18.9. The van der Waals surface area contributed by atoms with Crippen molar-refractivity contribution < 1.29 is 9.90 Å². The van der Waals surface area contributed by atoms with Gasteiger partial charge in [-0.25, -0.2) is 19.7 Å². The predicted molar refractivity (Wildman–Crippen MR) is 153 cm³/mol. The highest BCUT2D eigenvalue weighted by molar-refractivity contribution is 5.96. The SMILES string of the molecule is CCCc1nc2c(C)cc(-c3nc4ncccn4c3C)cc2n1Cc1ccc(-c2ccccc2C(=O)O)cc1. The molecule has 0 radical (unpaired) electrons. The van der Waals surface area contributed by atoms with Crippen LogP contribution in [0.1, 0.15) is 46.3 Å². The molecule has 0 unspecified atom stereocenters. The molecule has 0 aliphatic rings. The van der Waals surface area contributed by atoms with Gasteiger partial charge in [-0.1, -0.05) is 49.4 Å². The highest BCUT2D eigenvalue weighted by Gasteiger charge is 2.18. The fourth-order valence-electron chi connectivity index (χ4n) is 5.34. The Morgan fingerprint density at radius 2 is 1.74 bits per heavy atom. The minimum atomic E-state index is -0.924. The lowest BCUT2D eigenvalue weighted by molar-refractivity contribution is 0.0697. The summed E-state index contributed by atoms with van der Waals surface area (Å²) in [6.07, 6.45) is 5.63. The van der Waals surface area contributed by atoms with Gasteiger partial charge < -0.3 is 9.67 Å². The lowest BCUT2D eigenvalue weighted by atomic mass is 9.98. The molecular weight excluding hydrogens is 486 g/mol. The topological polar surface area (TPSA) is 85.3 Å². The van der Waals surface area contributed by atoms with Gasteiger partial charge in [0, 0.05) is 36.6 Å². The van der Waals surface area contributed by atoms with Crippen molar-refractivity contribution in [3.05, 3.63) is 107 Å². The van der Waals surface area contributed by atoms with Crippen molar-refractivity contribution in [3.63, 3.8) is 0 Å². The van der Waals surface area contributed by atoms with Gasteiger partial charge in [0.25, 0.3) is 0 Å². The van der Waals surface area contributed by atoms with E-state index in [0.717, 1.165) is 63.3 Å². The van der Waals surface area contributed by atoms with Crippen molar-refractivity contribution in [2.24, 2.45) is 0 Å². The molecule has 3 aromatic carbocycles. The van der Waals surface area contributed by atoms with Gasteiger partial charge in [0.05, 0.1) is 22.3 Å². The van der Waals surface area contributed by atoms with E-state index in [-0.39, 0.29) is 0 Å². The number of aromatic nitrogens is 5. The number of imidazole rings is 2. The molecule has 3 aromatic heterocycles. The first kappa shape index (κ1) is 24.6. The van der Waals surface area contributed by atoms with Gasteiger partial charge in [-0.3, -0.25) is 4.40 Å². The summed E-state index contributed by atoms with van der Waals surface area (Å²) < 4.78 is 4.32. The van der Waals surface area contributed by atoms with E-state index in [4.69, 9.17) is 9.97 Å². The average molecular weight is 516 g/mol. The van der Waals surface area contributed by atoms with Crippen LogP contribution in [0.5, 0.6) is 0 Å². The third-order valence-electron chi connectivity index (χ3n) is 7.28. The molecular formula is C32H29N5O2. The summed E-state index contributed by atoms with van der Waals surface area (Å²) >= 11 is 0. The van der Waals surface area contributed by atoms with Gasteiger partial charge in [-0.15, -0.1) is 0 Å². The third kappa shape index (κ3) is 4.36. The van der Waals surface area contributed by atoms with Crippen LogP contribution in [0, 0.1) is 13.8 Å². The Balaban J connectivity index is 1.42. The van der Waals surface area contributed by atoms with Crippen LogP contribution in [0.3, 0.4) is 0 Å². The molecule has 0 aliphatic heterocycles. The number of fused-ring (bicyclic) bond motifs is 2. The minimum Gasteiger partial charge on any atom is -0.478 e. The zero-order valence-electron chi connectivity index (χ0n) is 22.2. The van der Waals surface area contributed by atoms with Crippen molar-refractivity contribution >= 4 is 22.8 Å². The number of carboxylic acids is 1. The zero-order chi connectivity index (χ0) is 27.1. The summed E-state index contributed by atoms with van der Waals surface area (Å²) in [5.41, 5.74) is 9.25. The Morgan fingerprint density at radius 1 is 0.949 bits per heavy atom. The van der Waals surface area contributed by atoms with E-state index in [1.807, 2.05) is 40.9 Å². The van der Waals surface area contributed by atoms with Crippen LogP contribution in [0.4, 0.5) is 0 Å². The van der Waals surface area contributed by atoms with Crippen molar-refractivity contribution in [2.45, 2.75) is 40.2 Å². The van der Waals surface area contributed by atoms with Crippen molar-refractivity contribution in [3.8, 4) is 22.4 Å². The maximum absolute atomic E-state index is 11.7. The van der Waals surface area contributed by atoms with E-state index in [1.54, 1.807) is 18.3 Å². The van der Waals surface area contributed by atoms with Crippen molar-refractivity contribution in [2.75, 3.05) is 0 Å². The quantitative estimate of drug-likeness (QED) is 0.255. The first-order valence-corrected chi connectivity index (χ1v) is 13.2. The van der Waals surface area contributed by atoms with Crippen LogP contribution in [0.25, 0.3) is 39.2 Å². The molecule has 0 amide bonds. The summed E-state index contributed by atoms with van der Waals surface area (Å²) in [7, 11) is 0. The van der Waals surface area contributed by atoms with E-state index in [9.17, 15) is 9.90 Å². The molecule has 0 spiro atoms. The second-order valence-electron chi connectivity index (χ2n) is 9.91. The Labute approximate surface area is 226 Å². The average Bonchev–Trinajstić information content (AvgIpc) is 3.47. The number of hydrogen-bond acceptors (Lipinski definition) is 4. The maximum atomic E-state index is 11.7. The maximum Gasteiger partial charge on any atom is 0.336 e. The Kier molecular flexibility index (Phi) is 6.19. The standard InChI is InChI=1S/C32H29N5O2/c1-4-8-28-34-29-20(2)17-24(30-21(3)36-16-7-15-33-32(36)35-30)18-27(29)37(28)19-22-11-13-23(14-12-22)25-9-5-6-10-26(25)31(38)39/h5-7,9-18H,4,8,19H2,1-3H3,(H,38,39). The van der Waals surface area contributed by atoms with Crippen LogP contribution >= 0.6 is 0 Å². The molecule has 0 bridgehead atoms. The number of carboxylic acid groups (broad SMARTS) is 1. The van der Waals surface area contributed by atoms with E-state index < -0.39 is 5.97 Å². The number of aromatic carboxylic acids is 1. The van der Waals surface area contributed by atoms with E-state index >= 15 is 0 Å². The van der Waals surface area contributed by atoms with Crippen LogP contribution in [0.2, 0.25) is 0 Å². The van der Waals surface area contributed by atoms with E-state index in [1.165, 1.54) is 0 Å². The van der Waals surface area contributed by atoms with E-state index in [2.05, 4.69) is 54.6 Å². The molecule has 3 heterocycles. The molecule has 7 heteroatoms. The van der Waals surface area contributed by atoms with E-state index in [0.29, 0.717) is 23.4 Å². The molecule has 0 fully saturated rings. The lowest BCUT2D eigenvalue weighted by Gasteiger charge is -2.12. The molecule has 1 N–H and O–H groups in total. The van der Waals surface area contributed by atoms with Gasteiger partial charge >= 0.3 is 5.97 Å². The molecule has 39 heavy (non-hydrogen) atoms. The molecule has 7 nitrogen and oxygen atoms in total. The number of nitrogens with zero attached hydrogens (tertiary/aromatic N) is 5. The highest BCUT2D eigenvalue weighted by Crippen LogP contribution is 2.31. The number of benzene rings is 3. The van der Waals surface area contributed by atoms with Gasteiger partial charge in [0.15, 0.2) is 0 Å². The Morgan fingerprint density at radius 3 is 2.49 bits per heavy atom. The fourth-order valence-corrected chi connectivity index (χ4v) is 5.34. The normalized spacial score (nSPS) is 11.5. The number of rotatable bonds is 7. The summed E-state index contributed by atoms with van der Waals surface area (Å²) in [5, 5.41) is 9.60. The fraction of sp³-hybridized carbons (Fsp3) is 0.188. The van der Waals surface area contributed by atoms with Gasteiger partial charge in [-0.2, -0.15) is 0 Å². The van der Waals surface area contributed by atoms with Crippen LogP contribution in [-0.4, -0.2) is 35.0 Å². The van der Waals surface area contributed by atoms with Crippen molar-refractivity contribution in [1.29, 1.82) is 0 Å². The number of aryl methyl sites for hydroxylation is 3. The molecule has 0 saturated carbocycles. The monoisotopic (exact) mass is 515 g/mol. The van der Waals surface area contributed by atoms with Gasteiger partial charge in [0.2, 0.25) is 5.78 Å². The molecule has 6 aromatic rings. The largest absolute Gasteiger partial charge is 0.478 e. The summed E-state index contributed by atoms with van der Waals surface area (Å²) in [6.45, 7) is 7.02. The second-order valence-corrected chi connectivity index (χ2v) is 9.91. The molecule has 0 saturated heterocycles. The second kappa shape index (κ2) is 9.83. The summed E-state index contributed by atoms with van der Waals surface area (Å²) in [5.74, 6) is 0.820. The number of hydrogen-bond donors (Lipinski definition) is 1. The van der Waals surface area contributed by atoms with Crippen LogP contribution in [0.15, 0.2) is 79.1 Å². The lowest BCUT2D eigenvalue weighted by Crippen LogP contribution is -2.05. The van der Waals surface area contributed by atoms with Gasteiger partial charge in [-0.05, 0) is 66.8 Å².